The van der Waals surface area contributed by atoms with Crippen LogP contribution in [0.5, 0.6) is 0 Å². The highest BCUT2D eigenvalue weighted by Crippen LogP contribution is 2.35. The van der Waals surface area contributed by atoms with Crippen molar-refractivity contribution in [3.05, 3.63) is 35.4 Å². The van der Waals surface area contributed by atoms with Gasteiger partial charge in [0.2, 0.25) is 5.91 Å². The van der Waals surface area contributed by atoms with Crippen LogP contribution in [-0.2, 0) is 4.79 Å². The molecule has 2 rings (SSSR count). The molecule has 1 amide bonds. The van der Waals surface area contributed by atoms with Crippen molar-refractivity contribution in [2.75, 3.05) is 0 Å². The first-order chi connectivity index (χ1) is 10.5. The summed E-state index contributed by atoms with van der Waals surface area (Å²) in [5.41, 5.74) is 5.03. The summed E-state index contributed by atoms with van der Waals surface area (Å²) in [7, 11) is 0. The maximum Gasteiger partial charge on any atom is 0.249 e. The molecule has 1 aliphatic rings. The van der Waals surface area contributed by atoms with E-state index in [4.69, 9.17) is 0 Å². The predicted octanol–water partition coefficient (Wildman–Crippen LogP) is 2.68. The molecule has 0 unspecified atom stereocenters. The third-order valence-electron chi connectivity index (χ3n) is 4.06. The molecule has 1 aromatic carbocycles. The van der Waals surface area contributed by atoms with Crippen LogP contribution in [0.25, 0.3) is 0 Å². The molecule has 0 aromatic heterocycles. The lowest BCUT2D eigenvalue weighted by Gasteiger charge is -2.23. The van der Waals surface area contributed by atoms with Gasteiger partial charge in [-0.25, -0.2) is 5.43 Å². The number of nitriles is 2. The van der Waals surface area contributed by atoms with Crippen molar-refractivity contribution in [1.82, 2.24) is 5.43 Å². The Morgan fingerprint density at radius 2 is 1.68 bits per heavy atom. The summed E-state index contributed by atoms with van der Waals surface area (Å²) in [6, 6.07) is 11.8. The highest BCUT2D eigenvalue weighted by molar-refractivity contribution is 6.07. The van der Waals surface area contributed by atoms with Crippen LogP contribution < -0.4 is 5.43 Å². The fraction of sp³-hybridized carbons (Fsp3) is 0.412. The maximum atomic E-state index is 12.1. The smallest absolute Gasteiger partial charge is 0.249 e. The fourth-order valence-electron chi connectivity index (χ4n) is 2.76. The van der Waals surface area contributed by atoms with E-state index in [0.717, 1.165) is 5.56 Å². The summed E-state index contributed by atoms with van der Waals surface area (Å²) in [5.74, 6) is -1.85. The SMILES string of the molecule is CC1=NNC(=O)[C@@H]1[C@H](c1ccc(C(C)C)cc1)C(C#N)C#N. The van der Waals surface area contributed by atoms with Gasteiger partial charge < -0.3 is 0 Å². The molecule has 0 radical (unpaired) electrons. The summed E-state index contributed by atoms with van der Waals surface area (Å²) in [6.45, 7) is 5.94. The van der Waals surface area contributed by atoms with Crippen LogP contribution >= 0.6 is 0 Å². The molecule has 22 heavy (non-hydrogen) atoms. The van der Waals surface area contributed by atoms with E-state index in [1.807, 2.05) is 36.4 Å². The molecule has 0 fully saturated rings. The lowest BCUT2D eigenvalue weighted by atomic mass is 9.75. The van der Waals surface area contributed by atoms with Crippen LogP contribution in [0.4, 0.5) is 0 Å². The van der Waals surface area contributed by atoms with Crippen LogP contribution in [0, 0.1) is 34.5 Å². The molecule has 5 nitrogen and oxygen atoms in total. The van der Waals surface area contributed by atoms with E-state index in [9.17, 15) is 15.3 Å². The Morgan fingerprint density at radius 3 is 2.09 bits per heavy atom. The van der Waals surface area contributed by atoms with Gasteiger partial charge in [0.1, 0.15) is 5.92 Å². The highest BCUT2D eigenvalue weighted by Gasteiger charge is 2.40. The minimum atomic E-state index is -0.899. The number of rotatable bonds is 4. The maximum absolute atomic E-state index is 12.1. The van der Waals surface area contributed by atoms with E-state index in [0.29, 0.717) is 11.6 Å². The molecular formula is C17H18N4O. The van der Waals surface area contributed by atoms with E-state index in [-0.39, 0.29) is 5.91 Å². The van der Waals surface area contributed by atoms with Crippen LogP contribution in [0.1, 0.15) is 43.7 Å². The molecule has 2 atom stereocenters. The van der Waals surface area contributed by atoms with Gasteiger partial charge in [-0.2, -0.15) is 15.6 Å². The Kier molecular flexibility index (Phi) is 4.58. The molecule has 0 aliphatic carbocycles. The predicted molar refractivity (Wildman–Crippen MR) is 82.7 cm³/mol. The molecule has 1 aromatic rings. The Balaban J connectivity index is 2.46. The van der Waals surface area contributed by atoms with Crippen LogP contribution in [0.2, 0.25) is 0 Å². The topological polar surface area (TPSA) is 89.0 Å². The second kappa shape index (κ2) is 6.41. The summed E-state index contributed by atoms with van der Waals surface area (Å²) in [4.78, 5) is 12.1. The van der Waals surface area contributed by atoms with Crippen molar-refractivity contribution in [2.45, 2.75) is 32.6 Å². The number of carbonyl (C=O) groups is 1. The Bertz CT molecular complexity index is 662. The van der Waals surface area contributed by atoms with E-state index < -0.39 is 17.8 Å². The first-order valence-electron chi connectivity index (χ1n) is 7.22. The number of hydrogen-bond acceptors (Lipinski definition) is 4. The fourth-order valence-corrected chi connectivity index (χ4v) is 2.76. The number of amides is 1. The molecule has 1 N–H and O–H groups in total. The normalized spacial score (nSPS) is 18.6. The van der Waals surface area contributed by atoms with E-state index in [1.165, 1.54) is 5.56 Å². The molecule has 112 valence electrons. The molecule has 0 spiro atoms. The highest BCUT2D eigenvalue weighted by atomic mass is 16.2. The number of nitrogens with zero attached hydrogens (tertiary/aromatic N) is 3. The monoisotopic (exact) mass is 294 g/mol. The molecular weight excluding hydrogens is 276 g/mol. The molecule has 0 saturated heterocycles. The van der Waals surface area contributed by atoms with Gasteiger partial charge in [-0.3, -0.25) is 4.79 Å². The number of hydrogen-bond donors (Lipinski definition) is 1. The van der Waals surface area contributed by atoms with E-state index in [2.05, 4.69) is 24.4 Å². The van der Waals surface area contributed by atoms with Crippen LogP contribution in [-0.4, -0.2) is 11.6 Å². The zero-order valence-corrected chi connectivity index (χ0v) is 12.9. The number of carbonyl (C=O) groups excluding carboxylic acids is 1. The van der Waals surface area contributed by atoms with Gasteiger partial charge in [-0.05, 0) is 24.0 Å². The quantitative estimate of drug-likeness (QED) is 0.925. The number of nitrogens with one attached hydrogen (secondary N) is 1. The second-order valence-electron chi connectivity index (χ2n) is 5.79. The van der Waals surface area contributed by atoms with Crippen molar-refractivity contribution in [3.8, 4) is 12.1 Å². The zero-order valence-electron chi connectivity index (χ0n) is 12.9. The van der Waals surface area contributed by atoms with E-state index >= 15 is 0 Å². The molecule has 0 saturated carbocycles. The van der Waals surface area contributed by atoms with Crippen molar-refractivity contribution in [3.63, 3.8) is 0 Å². The summed E-state index contributed by atoms with van der Waals surface area (Å²) >= 11 is 0. The van der Waals surface area contributed by atoms with Gasteiger partial charge in [0, 0.05) is 11.6 Å². The van der Waals surface area contributed by atoms with E-state index in [1.54, 1.807) is 6.92 Å². The van der Waals surface area contributed by atoms with Gasteiger partial charge >= 0.3 is 0 Å². The second-order valence-corrected chi connectivity index (χ2v) is 5.79. The minimum absolute atomic E-state index is 0.258. The Morgan fingerprint density at radius 1 is 1.14 bits per heavy atom. The van der Waals surface area contributed by atoms with Gasteiger partial charge in [0.25, 0.3) is 0 Å². The van der Waals surface area contributed by atoms with Crippen molar-refractivity contribution >= 4 is 11.6 Å². The summed E-state index contributed by atoms with van der Waals surface area (Å²) in [5, 5.41) is 22.5. The lowest BCUT2D eigenvalue weighted by molar-refractivity contribution is -0.122. The number of hydrazone groups is 1. The van der Waals surface area contributed by atoms with Crippen LogP contribution in [0.15, 0.2) is 29.4 Å². The van der Waals surface area contributed by atoms with Gasteiger partial charge in [-0.1, -0.05) is 38.1 Å². The summed E-state index contributed by atoms with van der Waals surface area (Å²) in [6.07, 6.45) is 0. The van der Waals surface area contributed by atoms with Gasteiger partial charge in [-0.15, -0.1) is 0 Å². The third-order valence-corrected chi connectivity index (χ3v) is 4.06. The minimum Gasteiger partial charge on any atom is -0.272 e. The average Bonchev–Trinajstić information content (AvgIpc) is 2.84. The number of benzene rings is 1. The standard InChI is InChI=1S/C17H18N4O/c1-10(2)12-4-6-13(7-5-12)16(14(8-18)9-19)15-11(3)20-21-17(15)22/h4-7,10,14-16H,1-3H3,(H,21,22)/t15-,16+/m0/s1. The third kappa shape index (κ3) is 2.84. The largest absolute Gasteiger partial charge is 0.272 e. The average molecular weight is 294 g/mol. The molecule has 1 heterocycles. The van der Waals surface area contributed by atoms with Gasteiger partial charge in [0.15, 0.2) is 0 Å². The van der Waals surface area contributed by atoms with Crippen LogP contribution in [0.3, 0.4) is 0 Å². The zero-order chi connectivity index (χ0) is 16.3. The molecule has 0 bridgehead atoms. The lowest BCUT2D eigenvalue weighted by Crippen LogP contribution is -2.32. The van der Waals surface area contributed by atoms with Crippen molar-refractivity contribution in [2.24, 2.45) is 16.9 Å². The first kappa shape index (κ1) is 15.7. The Labute approximate surface area is 130 Å². The molecule has 1 aliphatic heterocycles. The first-order valence-corrected chi connectivity index (χ1v) is 7.22. The van der Waals surface area contributed by atoms with Gasteiger partial charge in [0.05, 0.1) is 18.1 Å². The summed E-state index contributed by atoms with van der Waals surface area (Å²) < 4.78 is 0. The van der Waals surface area contributed by atoms with Crippen molar-refractivity contribution < 1.29 is 4.79 Å². The molecule has 5 heteroatoms. The van der Waals surface area contributed by atoms with Crippen molar-refractivity contribution in [1.29, 1.82) is 10.5 Å². The Hall–Kier alpha value is -2.66.